The first-order chi connectivity index (χ1) is 19.3. The van der Waals surface area contributed by atoms with E-state index in [4.69, 9.17) is 10.2 Å². The van der Waals surface area contributed by atoms with Crippen molar-refractivity contribution in [3.05, 3.63) is 89.6 Å². The van der Waals surface area contributed by atoms with Gasteiger partial charge in [0, 0.05) is 28.1 Å². The maximum absolute atomic E-state index is 14.8. The summed E-state index contributed by atoms with van der Waals surface area (Å²) in [5.74, 6) is -0.257. The van der Waals surface area contributed by atoms with Gasteiger partial charge < -0.3 is 0 Å². The summed E-state index contributed by atoms with van der Waals surface area (Å²) in [5, 5.41) is 20.3. The van der Waals surface area contributed by atoms with E-state index in [1.807, 2.05) is 12.3 Å². The molecule has 7 heteroatoms. The highest BCUT2D eigenvalue weighted by molar-refractivity contribution is 5.84. The predicted molar refractivity (Wildman–Crippen MR) is 165 cm³/mol. The summed E-state index contributed by atoms with van der Waals surface area (Å²) in [6.07, 6.45) is 2.86. The molecule has 6 aromatic rings. The minimum Gasteiger partial charge on any atom is -0.281 e. The van der Waals surface area contributed by atoms with E-state index in [2.05, 4.69) is 110 Å². The fourth-order valence-corrected chi connectivity index (χ4v) is 5.95. The molecule has 0 aliphatic heterocycles. The standard InChI is InChI=1S/C34H39FN6/c1-32(2,3)23-15-16-27-22(19-23)20-36-40(27)18-17-33(4,5)30-24-11-8-9-14-28(24)41(39-30)21-34(6,7)31-29-25(35)12-10-13-26(29)37-38-31/h8-16,19-20H,17-18,21H2,1-7H3,(H,37,38). The molecule has 0 fully saturated rings. The largest absolute Gasteiger partial charge is 0.281 e. The molecular formula is C34H39FN6. The lowest BCUT2D eigenvalue weighted by molar-refractivity contribution is 0.384. The van der Waals surface area contributed by atoms with Gasteiger partial charge in [0.2, 0.25) is 0 Å². The zero-order chi connectivity index (χ0) is 29.2. The second kappa shape index (κ2) is 9.54. The third-order valence-corrected chi connectivity index (χ3v) is 8.51. The average molecular weight is 551 g/mol. The summed E-state index contributed by atoms with van der Waals surface area (Å²) in [7, 11) is 0. The van der Waals surface area contributed by atoms with Gasteiger partial charge in [0.15, 0.2) is 0 Å². The molecule has 0 spiro atoms. The molecule has 41 heavy (non-hydrogen) atoms. The normalized spacial score (nSPS) is 13.2. The van der Waals surface area contributed by atoms with Crippen LogP contribution in [0.3, 0.4) is 0 Å². The van der Waals surface area contributed by atoms with Crippen LogP contribution in [-0.4, -0.2) is 29.8 Å². The van der Waals surface area contributed by atoms with Gasteiger partial charge in [-0.3, -0.25) is 14.5 Å². The first kappa shape index (κ1) is 27.2. The highest BCUT2D eigenvalue weighted by Gasteiger charge is 2.32. The molecule has 6 nitrogen and oxygen atoms in total. The van der Waals surface area contributed by atoms with Crippen molar-refractivity contribution in [2.24, 2.45) is 0 Å². The number of halogens is 1. The lowest BCUT2D eigenvalue weighted by atomic mass is 9.84. The third kappa shape index (κ3) is 4.81. The molecule has 1 N–H and O–H groups in total. The van der Waals surface area contributed by atoms with Crippen LogP contribution < -0.4 is 0 Å². The molecular weight excluding hydrogens is 511 g/mol. The number of nitrogens with zero attached hydrogens (tertiary/aromatic N) is 5. The molecule has 212 valence electrons. The summed E-state index contributed by atoms with van der Waals surface area (Å²) < 4.78 is 19.0. The third-order valence-electron chi connectivity index (χ3n) is 8.51. The average Bonchev–Trinajstić information content (AvgIpc) is 3.63. The zero-order valence-electron chi connectivity index (χ0n) is 25.1. The minimum atomic E-state index is -0.437. The van der Waals surface area contributed by atoms with Crippen LogP contribution in [-0.2, 0) is 29.3 Å². The van der Waals surface area contributed by atoms with Gasteiger partial charge in [0.1, 0.15) is 5.82 Å². The fraction of sp³-hybridized carbons (Fsp3) is 0.382. The maximum atomic E-state index is 14.8. The Hall–Kier alpha value is -4.00. The first-order valence-corrected chi connectivity index (χ1v) is 14.4. The van der Waals surface area contributed by atoms with Gasteiger partial charge in [0.05, 0.1) is 46.1 Å². The number of aryl methyl sites for hydroxylation is 1. The Morgan fingerprint density at radius 2 is 1.61 bits per heavy atom. The van der Waals surface area contributed by atoms with Crippen molar-refractivity contribution in [3.8, 4) is 0 Å². The van der Waals surface area contributed by atoms with Gasteiger partial charge in [-0.1, -0.05) is 78.8 Å². The Kier molecular flexibility index (Phi) is 6.32. The Balaban J connectivity index is 1.30. The number of aromatic nitrogens is 6. The highest BCUT2D eigenvalue weighted by atomic mass is 19.1. The van der Waals surface area contributed by atoms with Gasteiger partial charge in [-0.25, -0.2) is 4.39 Å². The quantitative estimate of drug-likeness (QED) is 0.219. The summed E-state index contributed by atoms with van der Waals surface area (Å²) in [6.45, 7) is 16.8. The number of rotatable bonds is 7. The first-order valence-electron chi connectivity index (χ1n) is 14.4. The summed E-state index contributed by atoms with van der Waals surface area (Å²) in [6, 6.07) is 20.1. The van der Waals surface area contributed by atoms with Crippen LogP contribution in [0.1, 0.15) is 71.8 Å². The Labute approximate surface area is 240 Å². The molecule has 6 rings (SSSR count). The monoisotopic (exact) mass is 550 g/mol. The predicted octanol–water partition coefficient (Wildman–Crippen LogP) is 8.04. The van der Waals surface area contributed by atoms with Crippen molar-refractivity contribution in [1.29, 1.82) is 0 Å². The highest BCUT2D eigenvalue weighted by Crippen LogP contribution is 2.36. The number of fused-ring (bicyclic) bond motifs is 3. The molecule has 3 aromatic heterocycles. The molecule has 0 unspecified atom stereocenters. The Morgan fingerprint density at radius 3 is 2.39 bits per heavy atom. The number of benzene rings is 3. The molecule has 0 saturated carbocycles. The molecule has 0 atom stereocenters. The van der Waals surface area contributed by atoms with Crippen LogP contribution in [0.25, 0.3) is 32.7 Å². The number of H-pyrrole nitrogens is 1. The number of hydrogen-bond acceptors (Lipinski definition) is 3. The molecule has 0 saturated heterocycles. The van der Waals surface area contributed by atoms with Crippen LogP contribution in [0, 0.1) is 5.82 Å². The zero-order valence-corrected chi connectivity index (χ0v) is 25.1. The van der Waals surface area contributed by atoms with Crippen molar-refractivity contribution in [2.75, 3.05) is 0 Å². The molecule has 0 aliphatic rings. The van der Waals surface area contributed by atoms with E-state index < -0.39 is 5.41 Å². The van der Waals surface area contributed by atoms with E-state index in [1.54, 1.807) is 6.07 Å². The topological polar surface area (TPSA) is 64.3 Å². The summed E-state index contributed by atoms with van der Waals surface area (Å²) in [4.78, 5) is 0. The second-order valence-electron chi connectivity index (χ2n) is 13.7. The van der Waals surface area contributed by atoms with Crippen LogP contribution >= 0.6 is 0 Å². The molecule has 0 aliphatic carbocycles. The maximum Gasteiger partial charge on any atom is 0.134 e. The van der Waals surface area contributed by atoms with Crippen molar-refractivity contribution >= 4 is 32.7 Å². The van der Waals surface area contributed by atoms with Crippen LogP contribution in [0.15, 0.2) is 66.9 Å². The molecule has 0 amide bonds. The van der Waals surface area contributed by atoms with E-state index in [0.29, 0.717) is 17.4 Å². The number of nitrogens with one attached hydrogen (secondary N) is 1. The van der Waals surface area contributed by atoms with Crippen molar-refractivity contribution in [1.82, 2.24) is 29.8 Å². The second-order valence-corrected chi connectivity index (χ2v) is 13.7. The van der Waals surface area contributed by atoms with Crippen molar-refractivity contribution in [3.63, 3.8) is 0 Å². The molecule has 0 bridgehead atoms. The summed E-state index contributed by atoms with van der Waals surface area (Å²) in [5.41, 5.74) is 5.50. The van der Waals surface area contributed by atoms with E-state index in [1.165, 1.54) is 17.0 Å². The lowest BCUT2D eigenvalue weighted by Crippen LogP contribution is -2.27. The number of aromatic amines is 1. The molecule has 3 aromatic carbocycles. The van der Waals surface area contributed by atoms with Gasteiger partial charge >= 0.3 is 0 Å². The van der Waals surface area contributed by atoms with E-state index in [-0.39, 0.29) is 16.6 Å². The van der Waals surface area contributed by atoms with E-state index in [0.717, 1.165) is 40.8 Å². The van der Waals surface area contributed by atoms with E-state index >= 15 is 0 Å². The van der Waals surface area contributed by atoms with Gasteiger partial charge in [0.25, 0.3) is 0 Å². The number of hydrogen-bond donors (Lipinski definition) is 1. The van der Waals surface area contributed by atoms with E-state index in [9.17, 15) is 4.39 Å². The molecule has 0 radical (unpaired) electrons. The van der Waals surface area contributed by atoms with Crippen LogP contribution in [0.5, 0.6) is 0 Å². The lowest BCUT2D eigenvalue weighted by Gasteiger charge is -2.25. The SMILES string of the molecule is CC(C)(C)c1ccc2c(cnn2CCC(C)(C)c2nn(CC(C)(C)c3[nH]nc4cccc(F)c34)c3ccccc23)c1. The van der Waals surface area contributed by atoms with Crippen LogP contribution in [0.4, 0.5) is 4.39 Å². The summed E-state index contributed by atoms with van der Waals surface area (Å²) >= 11 is 0. The van der Waals surface area contributed by atoms with Gasteiger partial charge in [-0.05, 0) is 47.7 Å². The Bertz CT molecular complexity index is 1880. The minimum absolute atomic E-state index is 0.103. The molecule has 3 heterocycles. The van der Waals surface area contributed by atoms with Crippen molar-refractivity contribution < 1.29 is 4.39 Å². The van der Waals surface area contributed by atoms with Crippen LogP contribution in [0.2, 0.25) is 0 Å². The van der Waals surface area contributed by atoms with Gasteiger partial charge in [-0.15, -0.1) is 0 Å². The number of para-hydroxylation sites is 1. The van der Waals surface area contributed by atoms with Crippen molar-refractivity contribution in [2.45, 2.75) is 84.2 Å². The Morgan fingerprint density at radius 1 is 0.829 bits per heavy atom. The van der Waals surface area contributed by atoms with Gasteiger partial charge in [-0.2, -0.15) is 15.3 Å². The smallest absolute Gasteiger partial charge is 0.134 e. The fourth-order valence-electron chi connectivity index (χ4n) is 5.95.